The number of ether oxygens (including phenoxy) is 1. The van der Waals surface area contributed by atoms with Gasteiger partial charge in [-0.2, -0.15) is 0 Å². The minimum Gasteiger partial charge on any atom is -0.497 e. The van der Waals surface area contributed by atoms with E-state index in [4.69, 9.17) is 4.74 Å². The number of aryl methyl sites for hydroxylation is 2. The first kappa shape index (κ1) is 15.3. The van der Waals surface area contributed by atoms with Crippen LogP contribution in [0, 0.1) is 0 Å². The Kier molecular flexibility index (Phi) is 4.72. The second-order valence-corrected chi connectivity index (χ2v) is 5.68. The highest BCUT2D eigenvalue weighted by Gasteiger charge is 2.08. The van der Waals surface area contributed by atoms with Crippen LogP contribution >= 0.6 is 0 Å². The Labute approximate surface area is 136 Å². The van der Waals surface area contributed by atoms with Crippen LogP contribution in [0.15, 0.2) is 60.7 Å². The van der Waals surface area contributed by atoms with Crippen molar-refractivity contribution in [2.75, 3.05) is 7.11 Å². The zero-order valence-electron chi connectivity index (χ0n) is 13.3. The monoisotopic (exact) mass is 304 g/mol. The number of benzene rings is 3. The molecule has 0 aliphatic heterocycles. The lowest BCUT2D eigenvalue weighted by Crippen LogP contribution is -1.97. The van der Waals surface area contributed by atoms with Gasteiger partial charge in [-0.3, -0.25) is 4.79 Å². The fourth-order valence-electron chi connectivity index (χ4n) is 3.02. The summed E-state index contributed by atoms with van der Waals surface area (Å²) in [5.41, 5.74) is 3.26. The van der Waals surface area contributed by atoms with Crippen LogP contribution in [0.2, 0.25) is 0 Å². The molecule has 0 amide bonds. The maximum absolute atomic E-state index is 11.4. The molecule has 0 spiro atoms. The van der Waals surface area contributed by atoms with E-state index in [9.17, 15) is 4.79 Å². The van der Waals surface area contributed by atoms with Gasteiger partial charge in [0.1, 0.15) is 12.0 Å². The molecular formula is C21H20O2. The topological polar surface area (TPSA) is 26.3 Å². The summed E-state index contributed by atoms with van der Waals surface area (Å²) in [4.78, 5) is 11.4. The van der Waals surface area contributed by atoms with E-state index in [2.05, 4.69) is 30.3 Å². The average Bonchev–Trinajstić information content (AvgIpc) is 2.62. The predicted octanol–water partition coefficient (Wildman–Crippen LogP) is 4.84. The summed E-state index contributed by atoms with van der Waals surface area (Å²) in [5, 5.41) is 2.26. The van der Waals surface area contributed by atoms with Gasteiger partial charge in [0.25, 0.3) is 0 Å². The number of carbonyl (C=O) groups excluding carboxylic acids is 1. The molecule has 0 unspecified atom stereocenters. The number of hydrogen-bond donors (Lipinski definition) is 0. The van der Waals surface area contributed by atoms with E-state index in [0.29, 0.717) is 0 Å². The molecule has 0 aromatic heterocycles. The molecule has 0 bridgehead atoms. The molecule has 0 aliphatic carbocycles. The molecule has 0 fully saturated rings. The number of rotatable bonds is 6. The Morgan fingerprint density at radius 3 is 2.52 bits per heavy atom. The number of carbonyl (C=O) groups is 1. The summed E-state index contributed by atoms with van der Waals surface area (Å²) in [6, 6.07) is 20.4. The van der Waals surface area contributed by atoms with Gasteiger partial charge >= 0.3 is 0 Å². The molecule has 0 saturated carbocycles. The minimum absolute atomic E-state index is 0.788. The van der Waals surface area contributed by atoms with Crippen molar-refractivity contribution in [1.82, 2.24) is 0 Å². The Hall–Kier alpha value is -2.61. The van der Waals surface area contributed by atoms with Crippen LogP contribution in [0.5, 0.6) is 5.75 Å². The van der Waals surface area contributed by atoms with Crippen molar-refractivity contribution in [3.05, 3.63) is 77.4 Å². The van der Waals surface area contributed by atoms with Crippen molar-refractivity contribution >= 4 is 17.1 Å². The Bertz CT molecular complexity index is 807. The van der Waals surface area contributed by atoms with Crippen LogP contribution in [0.1, 0.15) is 27.9 Å². The van der Waals surface area contributed by atoms with E-state index in [-0.39, 0.29) is 0 Å². The van der Waals surface area contributed by atoms with Gasteiger partial charge in [-0.1, -0.05) is 48.5 Å². The van der Waals surface area contributed by atoms with Crippen LogP contribution in [0.3, 0.4) is 0 Å². The molecule has 0 N–H and O–H groups in total. The lowest BCUT2D eigenvalue weighted by Gasteiger charge is -2.11. The lowest BCUT2D eigenvalue weighted by atomic mass is 9.94. The fourth-order valence-corrected chi connectivity index (χ4v) is 3.02. The largest absolute Gasteiger partial charge is 0.497 e. The predicted molar refractivity (Wildman–Crippen MR) is 94.4 cm³/mol. The summed E-state index contributed by atoms with van der Waals surface area (Å²) in [6.45, 7) is 0. The third kappa shape index (κ3) is 3.42. The summed E-state index contributed by atoms with van der Waals surface area (Å²) >= 11 is 0. The molecule has 3 aromatic carbocycles. The Balaban J connectivity index is 1.87. The molecule has 116 valence electrons. The minimum atomic E-state index is 0.788. The molecule has 0 radical (unpaired) electrons. The number of aldehydes is 1. The van der Waals surface area contributed by atoms with Crippen molar-refractivity contribution in [3.63, 3.8) is 0 Å². The van der Waals surface area contributed by atoms with Gasteiger partial charge in [0.15, 0.2) is 0 Å². The molecule has 0 atom stereocenters. The zero-order valence-corrected chi connectivity index (χ0v) is 13.3. The fraction of sp³-hybridized carbons (Fsp3) is 0.190. The molecule has 3 rings (SSSR count). The lowest BCUT2D eigenvalue weighted by molar-refractivity contribution is 0.112. The Morgan fingerprint density at radius 1 is 0.957 bits per heavy atom. The van der Waals surface area contributed by atoms with Crippen LogP contribution in [-0.4, -0.2) is 13.4 Å². The van der Waals surface area contributed by atoms with Crippen molar-refractivity contribution < 1.29 is 9.53 Å². The summed E-state index contributed by atoms with van der Waals surface area (Å²) in [6.07, 6.45) is 3.90. The van der Waals surface area contributed by atoms with Crippen LogP contribution < -0.4 is 4.74 Å². The summed E-state index contributed by atoms with van der Waals surface area (Å²) in [5.74, 6) is 0.839. The first-order valence-electron chi connectivity index (χ1n) is 7.90. The zero-order chi connectivity index (χ0) is 16.1. The van der Waals surface area contributed by atoms with Crippen molar-refractivity contribution in [1.29, 1.82) is 0 Å². The highest BCUT2D eigenvalue weighted by molar-refractivity contribution is 5.93. The van der Waals surface area contributed by atoms with Gasteiger partial charge in [0.2, 0.25) is 0 Å². The summed E-state index contributed by atoms with van der Waals surface area (Å²) < 4.78 is 5.29. The van der Waals surface area contributed by atoms with Gasteiger partial charge < -0.3 is 4.74 Å². The van der Waals surface area contributed by atoms with Crippen LogP contribution in [-0.2, 0) is 12.8 Å². The maximum atomic E-state index is 11.4. The van der Waals surface area contributed by atoms with E-state index >= 15 is 0 Å². The van der Waals surface area contributed by atoms with E-state index in [1.165, 1.54) is 5.56 Å². The van der Waals surface area contributed by atoms with Gasteiger partial charge in [0.05, 0.1) is 7.11 Å². The smallest absolute Gasteiger partial charge is 0.150 e. The van der Waals surface area contributed by atoms with Crippen molar-refractivity contribution in [2.45, 2.75) is 19.3 Å². The van der Waals surface area contributed by atoms with Crippen LogP contribution in [0.4, 0.5) is 0 Å². The van der Waals surface area contributed by atoms with Gasteiger partial charge in [0, 0.05) is 5.56 Å². The Morgan fingerprint density at radius 2 is 1.78 bits per heavy atom. The molecule has 0 saturated heterocycles. The number of methoxy groups -OCH3 is 1. The molecular weight excluding hydrogens is 284 g/mol. The van der Waals surface area contributed by atoms with Crippen molar-refractivity contribution in [2.24, 2.45) is 0 Å². The van der Waals surface area contributed by atoms with E-state index in [1.807, 2.05) is 30.3 Å². The highest BCUT2D eigenvalue weighted by atomic mass is 16.5. The first-order valence-corrected chi connectivity index (χ1v) is 7.90. The second-order valence-electron chi connectivity index (χ2n) is 5.68. The molecule has 3 aromatic rings. The van der Waals surface area contributed by atoms with Crippen LogP contribution in [0.25, 0.3) is 10.8 Å². The van der Waals surface area contributed by atoms with Crippen molar-refractivity contribution in [3.8, 4) is 5.75 Å². The summed E-state index contributed by atoms with van der Waals surface area (Å²) in [7, 11) is 1.67. The molecule has 23 heavy (non-hydrogen) atoms. The maximum Gasteiger partial charge on any atom is 0.150 e. The number of hydrogen-bond acceptors (Lipinski definition) is 2. The SMILES string of the molecule is COc1ccc2c(CCCc3ccccc3)c(C=O)ccc2c1. The highest BCUT2D eigenvalue weighted by Crippen LogP contribution is 2.27. The average molecular weight is 304 g/mol. The third-order valence-corrected chi connectivity index (χ3v) is 4.24. The number of fused-ring (bicyclic) bond motifs is 1. The quantitative estimate of drug-likeness (QED) is 0.609. The molecule has 0 heterocycles. The second kappa shape index (κ2) is 7.10. The molecule has 2 nitrogen and oxygen atoms in total. The standard InChI is InChI=1S/C21H20O2/c1-23-19-12-13-21-17(14-19)10-11-18(15-22)20(21)9-5-8-16-6-3-2-4-7-16/h2-4,6-7,10-15H,5,8-9H2,1H3. The van der Waals surface area contributed by atoms with Gasteiger partial charge in [-0.15, -0.1) is 0 Å². The molecule has 2 heteroatoms. The van der Waals surface area contributed by atoms with E-state index in [0.717, 1.165) is 53.2 Å². The van der Waals surface area contributed by atoms with E-state index in [1.54, 1.807) is 7.11 Å². The normalized spacial score (nSPS) is 10.7. The van der Waals surface area contributed by atoms with E-state index < -0.39 is 0 Å². The molecule has 0 aliphatic rings. The van der Waals surface area contributed by atoms with Gasteiger partial charge in [-0.25, -0.2) is 0 Å². The first-order chi connectivity index (χ1) is 11.3. The third-order valence-electron chi connectivity index (χ3n) is 4.24. The van der Waals surface area contributed by atoms with Gasteiger partial charge in [-0.05, 0) is 53.3 Å².